The van der Waals surface area contributed by atoms with Crippen LogP contribution in [0.3, 0.4) is 0 Å². The molecule has 3 aliphatic rings. The molecule has 0 saturated carbocycles. The highest BCUT2D eigenvalue weighted by molar-refractivity contribution is 7.20. The van der Waals surface area contributed by atoms with E-state index in [0.717, 1.165) is 36.0 Å². The molecule has 4 heterocycles. The van der Waals surface area contributed by atoms with Gasteiger partial charge < -0.3 is 5.32 Å². The molecule has 0 spiro atoms. The maximum atomic E-state index is 13.3. The summed E-state index contributed by atoms with van der Waals surface area (Å²) in [5, 5.41) is 4.19. The zero-order valence-corrected chi connectivity index (χ0v) is 15.5. The Bertz CT molecular complexity index is 767. The molecule has 1 N–H and O–H groups in total. The summed E-state index contributed by atoms with van der Waals surface area (Å²) in [6.45, 7) is 6.71. The average molecular weight is 369 g/mol. The van der Waals surface area contributed by atoms with E-state index >= 15 is 0 Å². The van der Waals surface area contributed by atoms with Crippen molar-refractivity contribution < 1.29 is 9.18 Å². The van der Waals surface area contributed by atoms with Gasteiger partial charge in [0.15, 0.2) is 0 Å². The summed E-state index contributed by atoms with van der Waals surface area (Å²) in [5.41, 5.74) is -0.000380. The summed E-state index contributed by atoms with van der Waals surface area (Å²) in [6.07, 6.45) is 2.32. The smallest absolute Gasteiger partial charge is 0.261 e. The number of amides is 1. The lowest BCUT2D eigenvalue weighted by Crippen LogP contribution is -2.69. The molecule has 1 aromatic heterocycles. The van der Waals surface area contributed by atoms with Gasteiger partial charge in [-0.15, -0.1) is 23.7 Å². The summed E-state index contributed by atoms with van der Waals surface area (Å²) in [4.78, 5) is 15.9. The third-order valence-electron chi connectivity index (χ3n) is 5.58. The van der Waals surface area contributed by atoms with E-state index in [9.17, 15) is 9.18 Å². The predicted octanol–water partition coefficient (Wildman–Crippen LogP) is 4.06. The Kier molecular flexibility index (Phi) is 4.62. The zero-order chi connectivity index (χ0) is 16.2. The lowest BCUT2D eigenvalue weighted by molar-refractivity contribution is -0.0377. The van der Waals surface area contributed by atoms with E-state index in [1.165, 1.54) is 23.5 Å². The van der Waals surface area contributed by atoms with Gasteiger partial charge in [-0.25, -0.2) is 4.39 Å². The number of benzene rings is 1. The molecular weight excluding hydrogens is 347 g/mol. The maximum Gasteiger partial charge on any atom is 0.261 e. The molecule has 1 atom stereocenters. The lowest BCUT2D eigenvalue weighted by Gasteiger charge is -2.56. The number of thiophene rings is 1. The van der Waals surface area contributed by atoms with Crippen LogP contribution < -0.4 is 5.32 Å². The minimum Gasteiger partial charge on any atom is -0.346 e. The highest BCUT2D eigenvalue weighted by Gasteiger charge is 2.48. The Labute approximate surface area is 151 Å². The second-order valence-corrected chi connectivity index (χ2v) is 8.31. The SMILES string of the molecule is CC1(C)[C@H](NC(=O)c2cc3ccc(F)cc3s2)C2CCN1CC2.Cl. The van der Waals surface area contributed by atoms with E-state index < -0.39 is 0 Å². The first-order valence-corrected chi connectivity index (χ1v) is 9.02. The topological polar surface area (TPSA) is 32.3 Å². The Hall–Kier alpha value is -1.17. The molecule has 0 aliphatic carbocycles. The first-order chi connectivity index (χ1) is 10.9. The monoisotopic (exact) mass is 368 g/mol. The van der Waals surface area contributed by atoms with Crippen molar-refractivity contribution in [3.8, 4) is 0 Å². The fraction of sp³-hybridized carbons (Fsp3) is 0.500. The van der Waals surface area contributed by atoms with E-state index in [0.29, 0.717) is 10.8 Å². The van der Waals surface area contributed by atoms with Crippen LogP contribution >= 0.6 is 23.7 Å². The standard InChI is InChI=1S/C18H21FN2OS.ClH/c1-18(2)16(11-5-7-21(18)8-6-11)20-17(22)15-9-12-3-4-13(19)10-14(12)23-15;/h3-4,9-11,16H,5-8H2,1-2H3,(H,20,22);1H/t16-;/m1./s1. The third-order valence-corrected chi connectivity index (χ3v) is 6.68. The summed E-state index contributed by atoms with van der Waals surface area (Å²) >= 11 is 1.36. The van der Waals surface area contributed by atoms with E-state index in [4.69, 9.17) is 0 Å². The van der Waals surface area contributed by atoms with Gasteiger partial charge in [-0.05, 0) is 69.3 Å². The number of carbonyl (C=O) groups excluding carboxylic acids is 1. The third kappa shape index (κ3) is 2.83. The van der Waals surface area contributed by atoms with Crippen molar-refractivity contribution in [1.82, 2.24) is 10.2 Å². The largest absolute Gasteiger partial charge is 0.346 e. The predicted molar refractivity (Wildman–Crippen MR) is 98.7 cm³/mol. The molecule has 0 radical (unpaired) electrons. The van der Waals surface area contributed by atoms with Gasteiger partial charge in [0, 0.05) is 16.3 Å². The van der Waals surface area contributed by atoms with E-state index in [1.807, 2.05) is 6.07 Å². The normalized spacial score (nSPS) is 27.7. The molecule has 1 amide bonds. The van der Waals surface area contributed by atoms with Gasteiger partial charge in [-0.3, -0.25) is 9.69 Å². The number of rotatable bonds is 2. The first kappa shape index (κ1) is 17.6. The Morgan fingerprint density at radius 3 is 2.67 bits per heavy atom. The number of fused-ring (bicyclic) bond motifs is 4. The molecule has 2 bridgehead atoms. The van der Waals surface area contributed by atoms with Gasteiger partial charge in [0.25, 0.3) is 5.91 Å². The van der Waals surface area contributed by atoms with Gasteiger partial charge >= 0.3 is 0 Å². The average Bonchev–Trinajstić information content (AvgIpc) is 2.94. The molecule has 0 unspecified atom stereocenters. The summed E-state index contributed by atoms with van der Waals surface area (Å²) in [7, 11) is 0. The van der Waals surface area contributed by atoms with Crippen molar-refractivity contribution in [3.63, 3.8) is 0 Å². The minimum absolute atomic E-state index is 0. The van der Waals surface area contributed by atoms with E-state index in [1.54, 1.807) is 6.07 Å². The molecule has 3 aliphatic heterocycles. The highest BCUT2D eigenvalue weighted by atomic mass is 35.5. The molecule has 3 nitrogen and oxygen atoms in total. The Morgan fingerprint density at radius 1 is 1.29 bits per heavy atom. The molecule has 24 heavy (non-hydrogen) atoms. The van der Waals surface area contributed by atoms with Crippen LogP contribution in [-0.2, 0) is 0 Å². The highest BCUT2D eigenvalue weighted by Crippen LogP contribution is 2.39. The lowest BCUT2D eigenvalue weighted by atomic mass is 9.72. The number of hydrogen-bond donors (Lipinski definition) is 1. The van der Waals surface area contributed by atoms with Gasteiger partial charge in [-0.2, -0.15) is 0 Å². The van der Waals surface area contributed by atoms with Crippen LogP contribution in [0.2, 0.25) is 0 Å². The number of nitrogens with zero attached hydrogens (tertiary/aromatic N) is 1. The number of hydrogen-bond acceptors (Lipinski definition) is 3. The van der Waals surface area contributed by atoms with Crippen LogP contribution in [0.4, 0.5) is 4.39 Å². The van der Waals surface area contributed by atoms with Crippen LogP contribution in [0.15, 0.2) is 24.3 Å². The molecule has 6 heteroatoms. The van der Waals surface area contributed by atoms with Gasteiger partial charge in [-0.1, -0.05) is 6.07 Å². The fourth-order valence-corrected chi connectivity index (χ4v) is 5.20. The van der Waals surface area contributed by atoms with Crippen molar-refractivity contribution >= 4 is 39.7 Å². The second-order valence-electron chi connectivity index (χ2n) is 7.22. The Morgan fingerprint density at radius 2 is 2.00 bits per heavy atom. The molecule has 5 rings (SSSR count). The molecule has 1 aromatic carbocycles. The number of halogens is 2. The van der Waals surface area contributed by atoms with Crippen LogP contribution in [-0.4, -0.2) is 35.5 Å². The van der Waals surface area contributed by atoms with E-state index in [-0.39, 0.29) is 35.7 Å². The molecule has 2 aromatic rings. The Balaban J connectivity index is 0.00000169. The number of piperidine rings is 3. The van der Waals surface area contributed by atoms with Crippen LogP contribution in [0.1, 0.15) is 36.4 Å². The van der Waals surface area contributed by atoms with Crippen LogP contribution in [0.5, 0.6) is 0 Å². The fourth-order valence-electron chi connectivity index (χ4n) is 4.21. The maximum absolute atomic E-state index is 13.3. The number of carbonyl (C=O) groups is 1. The zero-order valence-electron chi connectivity index (χ0n) is 13.8. The van der Waals surface area contributed by atoms with Gasteiger partial charge in [0.05, 0.1) is 4.88 Å². The second kappa shape index (κ2) is 6.28. The van der Waals surface area contributed by atoms with Crippen LogP contribution in [0, 0.1) is 11.7 Å². The molecule has 3 fully saturated rings. The quantitative estimate of drug-likeness (QED) is 0.866. The summed E-state index contributed by atoms with van der Waals surface area (Å²) < 4.78 is 14.1. The van der Waals surface area contributed by atoms with Crippen molar-refractivity contribution in [1.29, 1.82) is 0 Å². The van der Waals surface area contributed by atoms with E-state index in [2.05, 4.69) is 24.1 Å². The molecule has 3 saturated heterocycles. The van der Waals surface area contributed by atoms with Gasteiger partial charge in [0.2, 0.25) is 0 Å². The van der Waals surface area contributed by atoms with Crippen molar-refractivity contribution in [2.75, 3.05) is 13.1 Å². The molecule has 130 valence electrons. The number of nitrogens with one attached hydrogen (secondary N) is 1. The summed E-state index contributed by atoms with van der Waals surface area (Å²) in [6, 6.07) is 6.71. The van der Waals surface area contributed by atoms with Crippen molar-refractivity contribution in [3.05, 3.63) is 35.0 Å². The van der Waals surface area contributed by atoms with Crippen LogP contribution in [0.25, 0.3) is 10.1 Å². The first-order valence-electron chi connectivity index (χ1n) is 8.20. The van der Waals surface area contributed by atoms with Crippen molar-refractivity contribution in [2.24, 2.45) is 5.92 Å². The minimum atomic E-state index is -0.259. The van der Waals surface area contributed by atoms with Gasteiger partial charge in [0.1, 0.15) is 5.82 Å². The van der Waals surface area contributed by atoms with Crippen molar-refractivity contribution in [2.45, 2.75) is 38.3 Å². The summed E-state index contributed by atoms with van der Waals surface area (Å²) in [5.74, 6) is 0.272. The molecular formula is C18H22ClFN2OS.